The Morgan fingerprint density at radius 3 is 3.11 bits per heavy atom. The summed E-state index contributed by atoms with van der Waals surface area (Å²) in [5.74, 6) is 1.70. The molecule has 0 radical (unpaired) electrons. The van der Waals surface area contributed by atoms with Crippen molar-refractivity contribution in [2.45, 2.75) is 45.6 Å². The van der Waals surface area contributed by atoms with Crippen LogP contribution in [-0.4, -0.2) is 11.5 Å². The molecule has 0 saturated heterocycles. The molecule has 1 N–H and O–H groups in total. The lowest BCUT2D eigenvalue weighted by Crippen LogP contribution is -2.11. The fourth-order valence-electron chi connectivity index (χ4n) is 2.53. The predicted octanol–water partition coefficient (Wildman–Crippen LogP) is 3.78. The highest BCUT2D eigenvalue weighted by atomic mass is 32.1. The molecule has 1 aliphatic carbocycles. The van der Waals surface area contributed by atoms with Crippen LogP contribution in [0.1, 0.15) is 42.5 Å². The van der Waals surface area contributed by atoms with Gasteiger partial charge in [-0.25, -0.2) is 4.98 Å². The first-order valence-corrected chi connectivity index (χ1v) is 7.96. The van der Waals surface area contributed by atoms with E-state index in [9.17, 15) is 0 Å². The molecule has 4 heteroatoms. The molecule has 102 valence electrons. The van der Waals surface area contributed by atoms with Crippen LogP contribution < -0.4 is 5.32 Å². The van der Waals surface area contributed by atoms with Gasteiger partial charge in [-0.2, -0.15) is 0 Å². The summed E-state index contributed by atoms with van der Waals surface area (Å²) in [6.45, 7) is 3.73. The Hall–Kier alpha value is -1.13. The monoisotopic (exact) mass is 276 g/mol. The number of aromatic nitrogens is 1. The Labute approximate surface area is 118 Å². The lowest BCUT2D eigenvalue weighted by Gasteiger charge is -1.95. The van der Waals surface area contributed by atoms with Crippen molar-refractivity contribution in [2.75, 3.05) is 6.54 Å². The summed E-state index contributed by atoms with van der Waals surface area (Å²) in [5, 5.41) is 3.23. The number of hydrogen-bond acceptors (Lipinski definition) is 4. The van der Waals surface area contributed by atoms with E-state index < -0.39 is 0 Å². The van der Waals surface area contributed by atoms with Crippen molar-refractivity contribution in [3.05, 3.63) is 28.6 Å². The van der Waals surface area contributed by atoms with Crippen molar-refractivity contribution < 1.29 is 4.42 Å². The summed E-state index contributed by atoms with van der Waals surface area (Å²) in [5.41, 5.74) is 1.53. The highest BCUT2D eigenvalue weighted by Gasteiger charge is 2.15. The topological polar surface area (TPSA) is 38.1 Å². The molecule has 0 bridgehead atoms. The summed E-state index contributed by atoms with van der Waals surface area (Å²) in [6, 6.07) is 2.31. The van der Waals surface area contributed by atoms with Gasteiger partial charge in [0.2, 0.25) is 5.89 Å². The van der Waals surface area contributed by atoms with Crippen LogP contribution in [0.25, 0.3) is 10.6 Å². The van der Waals surface area contributed by atoms with E-state index in [2.05, 4.69) is 23.3 Å². The second kappa shape index (κ2) is 5.88. The Morgan fingerprint density at radius 1 is 1.32 bits per heavy atom. The minimum Gasteiger partial charge on any atom is -0.438 e. The summed E-state index contributed by atoms with van der Waals surface area (Å²) in [4.78, 5) is 7.12. The largest absolute Gasteiger partial charge is 0.438 e. The highest BCUT2D eigenvalue weighted by Crippen LogP contribution is 2.35. The first-order valence-electron chi connectivity index (χ1n) is 7.14. The van der Waals surface area contributed by atoms with Gasteiger partial charge in [-0.15, -0.1) is 11.3 Å². The van der Waals surface area contributed by atoms with E-state index in [-0.39, 0.29) is 0 Å². The SMILES string of the molecule is CCNCc1ncc(-c2cc3c(s2)CCCCC3)o1. The maximum Gasteiger partial charge on any atom is 0.208 e. The zero-order chi connectivity index (χ0) is 13.1. The molecule has 0 spiro atoms. The molecule has 2 aromatic rings. The van der Waals surface area contributed by atoms with Crippen molar-refractivity contribution in [1.82, 2.24) is 10.3 Å². The Kier molecular flexibility index (Phi) is 3.99. The first kappa shape index (κ1) is 12.9. The molecule has 0 fully saturated rings. The first-order chi connectivity index (χ1) is 9.36. The van der Waals surface area contributed by atoms with Gasteiger partial charge in [-0.3, -0.25) is 0 Å². The van der Waals surface area contributed by atoms with E-state index >= 15 is 0 Å². The highest BCUT2D eigenvalue weighted by molar-refractivity contribution is 7.15. The number of nitrogens with one attached hydrogen (secondary N) is 1. The third-order valence-corrected chi connectivity index (χ3v) is 4.82. The van der Waals surface area contributed by atoms with Crippen molar-refractivity contribution in [3.63, 3.8) is 0 Å². The fraction of sp³-hybridized carbons (Fsp3) is 0.533. The number of thiophene rings is 1. The molecule has 19 heavy (non-hydrogen) atoms. The summed E-state index contributed by atoms with van der Waals surface area (Å²) in [7, 11) is 0. The van der Waals surface area contributed by atoms with Crippen molar-refractivity contribution in [1.29, 1.82) is 0 Å². The van der Waals surface area contributed by atoms with Gasteiger partial charge >= 0.3 is 0 Å². The van der Waals surface area contributed by atoms with Crippen LogP contribution in [0.2, 0.25) is 0 Å². The van der Waals surface area contributed by atoms with Gasteiger partial charge in [0.25, 0.3) is 0 Å². The quantitative estimate of drug-likeness (QED) is 0.864. The number of oxazole rings is 1. The third-order valence-electron chi connectivity index (χ3n) is 3.57. The molecule has 0 atom stereocenters. The van der Waals surface area contributed by atoms with Crippen molar-refractivity contribution in [2.24, 2.45) is 0 Å². The van der Waals surface area contributed by atoms with E-state index in [4.69, 9.17) is 4.42 Å². The molecule has 0 amide bonds. The lowest BCUT2D eigenvalue weighted by atomic mass is 10.1. The number of nitrogens with zero attached hydrogens (tertiary/aromatic N) is 1. The normalized spacial score (nSPS) is 15.2. The van der Waals surface area contributed by atoms with Crippen LogP contribution in [0, 0.1) is 0 Å². The van der Waals surface area contributed by atoms with Gasteiger partial charge in [0.1, 0.15) is 0 Å². The maximum atomic E-state index is 5.82. The average molecular weight is 276 g/mol. The van der Waals surface area contributed by atoms with Gasteiger partial charge < -0.3 is 9.73 Å². The zero-order valence-corrected chi connectivity index (χ0v) is 12.2. The van der Waals surface area contributed by atoms with Crippen LogP contribution in [0.3, 0.4) is 0 Å². The van der Waals surface area contributed by atoms with E-state index in [1.807, 2.05) is 17.5 Å². The number of aryl methyl sites for hydroxylation is 2. The second-order valence-corrected chi connectivity index (χ2v) is 6.16. The lowest BCUT2D eigenvalue weighted by molar-refractivity contribution is 0.483. The Morgan fingerprint density at radius 2 is 2.21 bits per heavy atom. The summed E-state index contributed by atoms with van der Waals surface area (Å²) >= 11 is 1.88. The average Bonchev–Trinajstić information content (AvgIpc) is 2.99. The van der Waals surface area contributed by atoms with Crippen molar-refractivity contribution >= 4 is 11.3 Å². The molecule has 0 aliphatic heterocycles. The van der Waals surface area contributed by atoms with Gasteiger partial charge in [-0.1, -0.05) is 13.3 Å². The molecule has 0 unspecified atom stereocenters. The molecule has 0 saturated carbocycles. The van der Waals surface area contributed by atoms with Gasteiger partial charge in [0.05, 0.1) is 17.6 Å². The number of hydrogen-bond donors (Lipinski definition) is 1. The maximum absolute atomic E-state index is 5.82. The summed E-state index contributed by atoms with van der Waals surface area (Å²) < 4.78 is 5.82. The minimum absolute atomic E-state index is 0.710. The van der Waals surface area contributed by atoms with Crippen LogP contribution in [0.5, 0.6) is 0 Å². The molecule has 2 heterocycles. The van der Waals surface area contributed by atoms with E-state index in [0.29, 0.717) is 6.54 Å². The Bertz CT molecular complexity index is 521. The van der Waals surface area contributed by atoms with Crippen molar-refractivity contribution in [3.8, 4) is 10.6 Å². The predicted molar refractivity (Wildman–Crippen MR) is 78.5 cm³/mol. The van der Waals surface area contributed by atoms with Crippen LogP contribution in [0.4, 0.5) is 0 Å². The van der Waals surface area contributed by atoms with Gasteiger partial charge in [-0.05, 0) is 43.9 Å². The van der Waals surface area contributed by atoms with Crippen LogP contribution in [0.15, 0.2) is 16.7 Å². The molecular formula is C15H20N2OS. The fourth-order valence-corrected chi connectivity index (χ4v) is 3.73. The Balaban J connectivity index is 1.80. The number of rotatable bonds is 4. The molecular weight excluding hydrogens is 256 g/mol. The summed E-state index contributed by atoms with van der Waals surface area (Å²) in [6.07, 6.45) is 8.34. The van der Waals surface area contributed by atoms with Crippen LogP contribution >= 0.6 is 11.3 Å². The molecule has 0 aromatic carbocycles. The van der Waals surface area contributed by atoms with Crippen LogP contribution in [-0.2, 0) is 19.4 Å². The second-order valence-electron chi connectivity index (χ2n) is 5.02. The zero-order valence-electron chi connectivity index (χ0n) is 11.4. The van der Waals surface area contributed by atoms with E-state index in [1.54, 1.807) is 4.88 Å². The standard InChI is InChI=1S/C15H20N2OS/c1-2-16-10-15-17-9-12(18-15)14-8-11-6-4-3-5-7-13(11)19-14/h8-9,16H,2-7,10H2,1H3. The third kappa shape index (κ3) is 2.90. The van der Waals surface area contributed by atoms with E-state index in [0.717, 1.165) is 18.2 Å². The molecule has 3 rings (SSSR count). The molecule has 2 aromatic heterocycles. The number of fused-ring (bicyclic) bond motifs is 1. The molecule has 3 nitrogen and oxygen atoms in total. The smallest absolute Gasteiger partial charge is 0.208 e. The minimum atomic E-state index is 0.710. The molecule has 1 aliphatic rings. The van der Waals surface area contributed by atoms with Gasteiger partial charge in [0.15, 0.2) is 5.76 Å². The van der Waals surface area contributed by atoms with Gasteiger partial charge in [0, 0.05) is 4.88 Å². The van der Waals surface area contributed by atoms with E-state index in [1.165, 1.54) is 42.5 Å².